The Labute approximate surface area is 202 Å². The molecule has 0 aromatic heterocycles. The lowest BCUT2D eigenvalue weighted by Crippen LogP contribution is -2.49. The normalized spacial score (nSPS) is 16.3. The van der Waals surface area contributed by atoms with E-state index in [4.69, 9.17) is 0 Å². The molecule has 1 aliphatic rings. The number of carbonyl (C=O) groups excluding carboxylic acids is 2. The molecule has 2 atom stereocenters. The molecule has 0 spiro atoms. The molecule has 0 fully saturated rings. The lowest BCUT2D eigenvalue weighted by molar-refractivity contribution is -0.123. The predicted molar refractivity (Wildman–Crippen MR) is 134 cm³/mol. The fourth-order valence-electron chi connectivity index (χ4n) is 4.19. The van der Waals surface area contributed by atoms with Crippen LogP contribution in [0.3, 0.4) is 0 Å². The summed E-state index contributed by atoms with van der Waals surface area (Å²) in [4.78, 5) is 28.6. The van der Waals surface area contributed by atoms with Gasteiger partial charge in [0.15, 0.2) is 0 Å². The number of rotatable bonds is 8. The Morgan fingerprint density at radius 3 is 2.32 bits per heavy atom. The molecule has 2 N–H and O–H groups in total. The number of anilines is 2. The Morgan fingerprint density at radius 2 is 1.76 bits per heavy atom. The number of sulfonamides is 1. The molecule has 8 nitrogen and oxygen atoms in total. The van der Waals surface area contributed by atoms with Crippen molar-refractivity contribution in [1.29, 1.82) is 0 Å². The second kappa shape index (κ2) is 10.1. The molecule has 0 bridgehead atoms. The van der Waals surface area contributed by atoms with Crippen LogP contribution in [0.1, 0.15) is 38.8 Å². The van der Waals surface area contributed by atoms with Crippen LogP contribution in [0.4, 0.5) is 11.4 Å². The average molecular weight is 487 g/mol. The molecule has 0 radical (unpaired) electrons. The van der Waals surface area contributed by atoms with Crippen molar-refractivity contribution in [2.45, 2.75) is 57.6 Å². The fraction of sp³-hybridized carbons (Fsp3) is 0.440. The van der Waals surface area contributed by atoms with Crippen LogP contribution in [0.5, 0.6) is 0 Å². The first-order valence-corrected chi connectivity index (χ1v) is 12.9. The number of benzene rings is 2. The van der Waals surface area contributed by atoms with Gasteiger partial charge in [0.25, 0.3) is 0 Å². The minimum Gasteiger partial charge on any atom is -0.378 e. The maximum Gasteiger partial charge on any atom is 0.241 e. The molecule has 184 valence electrons. The van der Waals surface area contributed by atoms with Gasteiger partial charge in [-0.3, -0.25) is 9.59 Å². The van der Waals surface area contributed by atoms with Crippen molar-refractivity contribution in [3.63, 3.8) is 0 Å². The van der Waals surface area contributed by atoms with Crippen molar-refractivity contribution < 1.29 is 18.0 Å². The van der Waals surface area contributed by atoms with Crippen LogP contribution >= 0.6 is 0 Å². The molecular formula is C25H34N4O4S. The highest BCUT2D eigenvalue weighted by molar-refractivity contribution is 7.89. The molecule has 0 unspecified atom stereocenters. The third-order valence-electron chi connectivity index (χ3n) is 6.07. The van der Waals surface area contributed by atoms with Crippen LogP contribution in [0.25, 0.3) is 0 Å². The van der Waals surface area contributed by atoms with Crippen LogP contribution in [-0.2, 0) is 32.6 Å². The van der Waals surface area contributed by atoms with Crippen molar-refractivity contribution in [1.82, 2.24) is 10.0 Å². The van der Waals surface area contributed by atoms with E-state index in [0.29, 0.717) is 13.0 Å². The van der Waals surface area contributed by atoms with Crippen molar-refractivity contribution in [3.05, 3.63) is 53.6 Å². The molecule has 2 aromatic carbocycles. The van der Waals surface area contributed by atoms with Crippen molar-refractivity contribution in [2.24, 2.45) is 5.92 Å². The Bertz CT molecular complexity index is 1160. The van der Waals surface area contributed by atoms with Gasteiger partial charge in [-0.2, -0.15) is 4.72 Å². The van der Waals surface area contributed by atoms with E-state index in [2.05, 4.69) is 10.0 Å². The molecule has 2 amide bonds. The molecule has 1 heterocycles. The number of amides is 2. The van der Waals surface area contributed by atoms with E-state index in [1.807, 2.05) is 50.2 Å². The maximum atomic E-state index is 13.1. The van der Waals surface area contributed by atoms with Gasteiger partial charge in [0, 0.05) is 45.0 Å². The number of carbonyl (C=O) groups is 2. The highest BCUT2D eigenvalue weighted by Crippen LogP contribution is 2.34. The zero-order valence-electron chi connectivity index (χ0n) is 20.6. The highest BCUT2D eigenvalue weighted by Gasteiger charge is 2.32. The highest BCUT2D eigenvalue weighted by atomic mass is 32.2. The monoisotopic (exact) mass is 486 g/mol. The van der Waals surface area contributed by atoms with Gasteiger partial charge < -0.3 is 15.1 Å². The molecular weight excluding hydrogens is 452 g/mol. The van der Waals surface area contributed by atoms with Crippen LogP contribution in [-0.4, -0.2) is 46.4 Å². The Morgan fingerprint density at radius 1 is 1.12 bits per heavy atom. The van der Waals surface area contributed by atoms with Crippen LogP contribution in [0.2, 0.25) is 0 Å². The van der Waals surface area contributed by atoms with Crippen LogP contribution in [0, 0.1) is 5.92 Å². The third kappa shape index (κ3) is 5.59. The molecule has 34 heavy (non-hydrogen) atoms. The molecule has 0 aliphatic carbocycles. The summed E-state index contributed by atoms with van der Waals surface area (Å²) in [5, 5.41) is 2.85. The lowest BCUT2D eigenvalue weighted by Gasteiger charge is -2.22. The molecule has 3 rings (SSSR count). The van der Waals surface area contributed by atoms with Gasteiger partial charge >= 0.3 is 0 Å². The van der Waals surface area contributed by atoms with Crippen molar-refractivity contribution in [3.8, 4) is 0 Å². The summed E-state index contributed by atoms with van der Waals surface area (Å²) in [7, 11) is -0.0334. The zero-order valence-corrected chi connectivity index (χ0v) is 21.4. The van der Waals surface area contributed by atoms with Gasteiger partial charge in [-0.15, -0.1) is 0 Å². The minimum absolute atomic E-state index is 0.0283. The Balaban J connectivity index is 1.72. The number of nitrogens with one attached hydrogen (secondary N) is 2. The standard InChI is InChI=1S/C25H34N4O4S/c1-16(2)24(25(31)26-15-19-7-9-21(10-8-19)28(5)6)27-34(32,33)22-11-12-23-20(14-22)13-17(3)29(23)18(4)30/h7-12,14,16-17,24,27H,13,15H2,1-6H3,(H,26,31)/t17-,24+/m0/s1. The molecule has 2 aromatic rings. The number of fused-ring (bicyclic) bond motifs is 1. The van der Waals surface area contributed by atoms with Crippen molar-refractivity contribution in [2.75, 3.05) is 23.9 Å². The second-order valence-electron chi connectivity index (χ2n) is 9.35. The van der Waals surface area contributed by atoms with E-state index in [0.717, 1.165) is 22.5 Å². The first kappa shape index (κ1) is 25.7. The minimum atomic E-state index is -3.94. The van der Waals surface area contributed by atoms with E-state index in [-0.39, 0.29) is 28.7 Å². The van der Waals surface area contributed by atoms with Crippen LogP contribution < -0.4 is 19.8 Å². The smallest absolute Gasteiger partial charge is 0.241 e. The lowest BCUT2D eigenvalue weighted by atomic mass is 10.0. The SMILES string of the molecule is CC(=O)N1c2ccc(S(=O)(=O)N[C@@H](C(=O)NCc3ccc(N(C)C)cc3)C(C)C)cc2C[C@@H]1C. The summed E-state index contributed by atoms with van der Waals surface area (Å²) in [6, 6.07) is 11.6. The second-order valence-corrected chi connectivity index (χ2v) is 11.1. The zero-order chi connectivity index (χ0) is 25.2. The van der Waals surface area contributed by atoms with Crippen molar-refractivity contribution >= 4 is 33.2 Å². The predicted octanol–water partition coefficient (Wildman–Crippen LogP) is 2.67. The number of hydrogen-bond donors (Lipinski definition) is 2. The quantitative estimate of drug-likeness (QED) is 0.598. The number of hydrogen-bond acceptors (Lipinski definition) is 5. The van der Waals surface area contributed by atoms with Gasteiger partial charge in [-0.05, 0) is 60.7 Å². The van der Waals surface area contributed by atoms with E-state index < -0.39 is 16.1 Å². The fourth-order valence-corrected chi connectivity index (χ4v) is 5.59. The summed E-state index contributed by atoms with van der Waals surface area (Å²) < 4.78 is 28.9. The maximum absolute atomic E-state index is 13.1. The Kier molecular flexibility index (Phi) is 7.67. The van der Waals surface area contributed by atoms with E-state index in [1.54, 1.807) is 30.9 Å². The first-order chi connectivity index (χ1) is 15.9. The summed E-state index contributed by atoms with van der Waals surface area (Å²) in [6.45, 7) is 7.33. The first-order valence-electron chi connectivity index (χ1n) is 11.4. The van der Waals surface area contributed by atoms with Gasteiger partial charge in [0.05, 0.1) is 4.90 Å². The summed E-state index contributed by atoms with van der Waals surface area (Å²) in [6.07, 6.45) is 0.582. The summed E-state index contributed by atoms with van der Waals surface area (Å²) in [5.74, 6) is -0.714. The molecule has 0 saturated heterocycles. The summed E-state index contributed by atoms with van der Waals surface area (Å²) in [5.41, 5.74) is 3.51. The van der Waals surface area contributed by atoms with Gasteiger partial charge in [0.2, 0.25) is 21.8 Å². The molecule has 0 saturated carbocycles. The topological polar surface area (TPSA) is 98.8 Å². The molecule has 1 aliphatic heterocycles. The van der Waals surface area contributed by atoms with Gasteiger partial charge in [0.1, 0.15) is 6.04 Å². The van der Waals surface area contributed by atoms with E-state index >= 15 is 0 Å². The van der Waals surface area contributed by atoms with E-state index in [1.165, 1.54) is 13.0 Å². The Hall–Kier alpha value is -2.91. The average Bonchev–Trinajstić information content (AvgIpc) is 3.11. The largest absolute Gasteiger partial charge is 0.378 e. The summed E-state index contributed by atoms with van der Waals surface area (Å²) >= 11 is 0. The third-order valence-corrected chi connectivity index (χ3v) is 7.51. The van der Waals surface area contributed by atoms with E-state index in [9.17, 15) is 18.0 Å². The van der Waals surface area contributed by atoms with Gasteiger partial charge in [-0.25, -0.2) is 8.42 Å². The number of nitrogens with zero attached hydrogens (tertiary/aromatic N) is 2. The van der Waals surface area contributed by atoms with Crippen LogP contribution in [0.15, 0.2) is 47.4 Å². The molecule has 9 heteroatoms. The van der Waals surface area contributed by atoms with Gasteiger partial charge in [-0.1, -0.05) is 26.0 Å².